The van der Waals surface area contributed by atoms with E-state index in [9.17, 15) is 14.4 Å². The third-order valence-corrected chi connectivity index (χ3v) is 3.66. The number of carbonyl (C=O) groups excluding carboxylic acids is 3. The third-order valence-electron chi connectivity index (χ3n) is 3.66. The standard InChI is InChI=1S/C19H23N3O6/c1-11(2)20-19(25)21-17(23)10-27-18(24)14-5-7-15(8-6-14)26-9-16-12(3)22-28-13(16)4/h5-8,11H,9-10H2,1-4H3,(H2,20,21,23,25). The van der Waals surface area contributed by atoms with E-state index in [2.05, 4.69) is 15.8 Å². The normalized spacial score (nSPS) is 10.5. The van der Waals surface area contributed by atoms with Crippen molar-refractivity contribution in [3.63, 3.8) is 0 Å². The lowest BCUT2D eigenvalue weighted by Crippen LogP contribution is -2.44. The highest BCUT2D eigenvalue weighted by atomic mass is 16.5. The molecule has 2 N–H and O–H groups in total. The fourth-order valence-electron chi connectivity index (χ4n) is 2.23. The lowest BCUT2D eigenvalue weighted by molar-refractivity contribution is -0.123. The van der Waals surface area contributed by atoms with Gasteiger partial charge in [0.15, 0.2) is 6.61 Å². The van der Waals surface area contributed by atoms with E-state index in [4.69, 9.17) is 14.0 Å². The van der Waals surface area contributed by atoms with Crippen LogP contribution in [0.25, 0.3) is 0 Å². The van der Waals surface area contributed by atoms with Crippen molar-refractivity contribution in [3.05, 3.63) is 46.8 Å². The number of esters is 1. The number of aromatic nitrogens is 1. The number of urea groups is 1. The topological polar surface area (TPSA) is 120 Å². The van der Waals surface area contributed by atoms with Crippen molar-refractivity contribution in [3.8, 4) is 5.75 Å². The predicted molar refractivity (Wildman–Crippen MR) is 98.8 cm³/mol. The maximum absolute atomic E-state index is 12.0. The predicted octanol–water partition coefficient (Wildman–Crippen LogP) is 2.26. The molecule has 1 aromatic carbocycles. The highest BCUT2D eigenvalue weighted by Crippen LogP contribution is 2.18. The van der Waals surface area contributed by atoms with Gasteiger partial charge < -0.3 is 19.3 Å². The Kier molecular flexibility index (Phi) is 7.14. The van der Waals surface area contributed by atoms with Gasteiger partial charge in [-0.15, -0.1) is 0 Å². The zero-order valence-electron chi connectivity index (χ0n) is 16.2. The molecule has 0 atom stereocenters. The van der Waals surface area contributed by atoms with Gasteiger partial charge in [0.05, 0.1) is 16.8 Å². The molecule has 0 aliphatic carbocycles. The summed E-state index contributed by atoms with van der Waals surface area (Å²) in [6.45, 7) is 6.88. The average molecular weight is 389 g/mol. The second-order valence-electron chi connectivity index (χ2n) is 6.37. The van der Waals surface area contributed by atoms with Crippen LogP contribution in [0.1, 0.15) is 41.2 Å². The monoisotopic (exact) mass is 389 g/mol. The van der Waals surface area contributed by atoms with Gasteiger partial charge in [0.1, 0.15) is 18.1 Å². The number of carbonyl (C=O) groups is 3. The molecule has 0 fully saturated rings. The molecule has 0 aliphatic rings. The van der Waals surface area contributed by atoms with Gasteiger partial charge >= 0.3 is 12.0 Å². The summed E-state index contributed by atoms with van der Waals surface area (Å²) >= 11 is 0. The molecular weight excluding hydrogens is 366 g/mol. The molecule has 2 aromatic rings. The summed E-state index contributed by atoms with van der Waals surface area (Å²) in [5.41, 5.74) is 1.89. The summed E-state index contributed by atoms with van der Waals surface area (Å²) in [7, 11) is 0. The lowest BCUT2D eigenvalue weighted by atomic mass is 10.2. The van der Waals surface area contributed by atoms with E-state index in [-0.39, 0.29) is 11.6 Å². The maximum atomic E-state index is 12.0. The van der Waals surface area contributed by atoms with E-state index in [0.717, 1.165) is 11.3 Å². The summed E-state index contributed by atoms with van der Waals surface area (Å²) in [6, 6.07) is 5.52. The fourth-order valence-corrected chi connectivity index (χ4v) is 2.23. The Morgan fingerprint density at radius 1 is 1.14 bits per heavy atom. The van der Waals surface area contributed by atoms with Gasteiger partial charge in [-0.05, 0) is 52.0 Å². The number of nitrogens with one attached hydrogen (secondary N) is 2. The largest absolute Gasteiger partial charge is 0.489 e. The average Bonchev–Trinajstić information content (AvgIpc) is 2.95. The highest BCUT2D eigenvalue weighted by molar-refractivity contribution is 5.97. The first-order valence-electron chi connectivity index (χ1n) is 8.68. The van der Waals surface area contributed by atoms with Crippen molar-refractivity contribution in [2.75, 3.05) is 6.61 Å². The lowest BCUT2D eigenvalue weighted by Gasteiger charge is -2.10. The van der Waals surface area contributed by atoms with Crippen molar-refractivity contribution in [1.29, 1.82) is 0 Å². The molecule has 2 rings (SSSR count). The molecule has 0 saturated heterocycles. The minimum atomic E-state index is -0.717. The summed E-state index contributed by atoms with van der Waals surface area (Å²) in [6.07, 6.45) is 0. The van der Waals surface area contributed by atoms with Gasteiger partial charge in [-0.1, -0.05) is 5.16 Å². The first-order chi connectivity index (χ1) is 13.3. The van der Waals surface area contributed by atoms with Crippen LogP contribution in [0.2, 0.25) is 0 Å². The number of amides is 3. The Morgan fingerprint density at radius 2 is 1.82 bits per heavy atom. The summed E-state index contributed by atoms with van der Waals surface area (Å²) in [5.74, 6) is -0.152. The first kappa shape index (κ1) is 20.9. The van der Waals surface area contributed by atoms with Gasteiger partial charge in [-0.25, -0.2) is 9.59 Å². The zero-order chi connectivity index (χ0) is 20.7. The van der Waals surface area contributed by atoms with Crippen LogP contribution in [0.5, 0.6) is 5.75 Å². The SMILES string of the molecule is Cc1noc(C)c1COc1ccc(C(=O)OCC(=O)NC(=O)NC(C)C)cc1. The van der Waals surface area contributed by atoms with E-state index < -0.39 is 24.5 Å². The van der Waals surface area contributed by atoms with Gasteiger partial charge in [-0.2, -0.15) is 0 Å². The van der Waals surface area contributed by atoms with Crippen molar-refractivity contribution in [2.24, 2.45) is 0 Å². The highest BCUT2D eigenvalue weighted by Gasteiger charge is 2.14. The summed E-state index contributed by atoms with van der Waals surface area (Å²) in [4.78, 5) is 35.0. The van der Waals surface area contributed by atoms with Crippen molar-refractivity contribution < 1.29 is 28.4 Å². The number of aryl methyl sites for hydroxylation is 2. The first-order valence-corrected chi connectivity index (χ1v) is 8.68. The number of rotatable bonds is 7. The molecular formula is C19H23N3O6. The van der Waals surface area contributed by atoms with E-state index in [1.807, 2.05) is 6.92 Å². The van der Waals surface area contributed by atoms with Crippen molar-refractivity contribution in [2.45, 2.75) is 40.3 Å². The van der Waals surface area contributed by atoms with Gasteiger partial charge in [0.25, 0.3) is 5.91 Å². The number of ether oxygens (including phenoxy) is 2. The van der Waals surface area contributed by atoms with Gasteiger partial charge in [0, 0.05) is 6.04 Å². The Hall–Kier alpha value is -3.36. The molecule has 0 unspecified atom stereocenters. The zero-order valence-corrected chi connectivity index (χ0v) is 16.2. The van der Waals surface area contributed by atoms with Crippen LogP contribution in [0, 0.1) is 13.8 Å². The van der Waals surface area contributed by atoms with Crippen LogP contribution in [-0.2, 0) is 16.1 Å². The smallest absolute Gasteiger partial charge is 0.338 e. The van der Waals surface area contributed by atoms with Gasteiger partial charge in [0.2, 0.25) is 0 Å². The molecule has 0 saturated carbocycles. The molecule has 28 heavy (non-hydrogen) atoms. The minimum absolute atomic E-state index is 0.117. The minimum Gasteiger partial charge on any atom is -0.489 e. The molecule has 150 valence electrons. The molecule has 0 radical (unpaired) electrons. The third kappa shape index (κ3) is 6.11. The quantitative estimate of drug-likeness (QED) is 0.697. The van der Waals surface area contributed by atoms with Crippen LogP contribution in [-0.4, -0.2) is 35.7 Å². The maximum Gasteiger partial charge on any atom is 0.338 e. The molecule has 9 heteroatoms. The Bertz CT molecular complexity index is 822. The van der Waals surface area contributed by atoms with Crippen molar-refractivity contribution >= 4 is 17.9 Å². The van der Waals surface area contributed by atoms with Crippen LogP contribution in [0.4, 0.5) is 4.79 Å². The van der Waals surface area contributed by atoms with Crippen LogP contribution >= 0.6 is 0 Å². The molecule has 1 aromatic heterocycles. The number of hydrogen-bond acceptors (Lipinski definition) is 7. The van der Waals surface area contributed by atoms with Crippen molar-refractivity contribution in [1.82, 2.24) is 15.8 Å². The Balaban J connectivity index is 1.81. The second kappa shape index (κ2) is 9.54. The van der Waals surface area contributed by atoms with E-state index in [1.165, 1.54) is 12.1 Å². The molecule has 9 nitrogen and oxygen atoms in total. The Labute approximate surface area is 162 Å². The van der Waals surface area contributed by atoms with E-state index >= 15 is 0 Å². The number of benzene rings is 1. The second-order valence-corrected chi connectivity index (χ2v) is 6.37. The molecule has 1 heterocycles. The van der Waals surface area contributed by atoms with Crippen LogP contribution in [0.15, 0.2) is 28.8 Å². The summed E-state index contributed by atoms with van der Waals surface area (Å²) < 4.78 is 15.6. The number of hydrogen-bond donors (Lipinski definition) is 2. The number of imide groups is 1. The van der Waals surface area contributed by atoms with Gasteiger partial charge in [-0.3, -0.25) is 10.1 Å². The van der Waals surface area contributed by atoms with Crippen LogP contribution < -0.4 is 15.4 Å². The fraction of sp³-hybridized carbons (Fsp3) is 0.368. The molecule has 0 bridgehead atoms. The molecule has 0 spiro atoms. The number of nitrogens with zero attached hydrogens (tertiary/aromatic N) is 1. The summed E-state index contributed by atoms with van der Waals surface area (Å²) in [5, 5.41) is 8.42. The molecule has 3 amide bonds. The van der Waals surface area contributed by atoms with E-state index in [1.54, 1.807) is 32.9 Å². The Morgan fingerprint density at radius 3 is 2.39 bits per heavy atom. The van der Waals surface area contributed by atoms with Crippen LogP contribution in [0.3, 0.4) is 0 Å². The van der Waals surface area contributed by atoms with E-state index in [0.29, 0.717) is 18.1 Å². The molecule has 0 aliphatic heterocycles.